The number of fused-ring (bicyclic) bond motifs is 1. The predicted octanol–water partition coefficient (Wildman–Crippen LogP) is 5.84. The molecule has 1 atom stereocenters. The van der Waals surface area contributed by atoms with Gasteiger partial charge >= 0.3 is 0 Å². The average molecular weight is 705 g/mol. The molecule has 1 aliphatic rings. The topological polar surface area (TPSA) is 128 Å². The van der Waals surface area contributed by atoms with Crippen LogP contribution in [0.1, 0.15) is 11.1 Å². The molecule has 2 aromatic heterocycles. The number of allylic oxidation sites excluding steroid dienone is 1. The zero-order valence-corrected chi connectivity index (χ0v) is 28.3. The first-order valence-corrected chi connectivity index (χ1v) is 18.6. The Morgan fingerprint density at radius 3 is 2.46 bits per heavy atom. The predicted molar refractivity (Wildman–Crippen MR) is 191 cm³/mol. The van der Waals surface area contributed by atoms with E-state index >= 15 is 0 Å². The zero-order valence-electron chi connectivity index (χ0n) is 26.0. The van der Waals surface area contributed by atoms with E-state index in [0.717, 1.165) is 29.8 Å². The maximum Gasteiger partial charge on any atom is 0.264 e. The Hall–Kier alpha value is -4.69. The summed E-state index contributed by atoms with van der Waals surface area (Å²) in [5.74, 6) is 2.15. The molecule has 248 valence electrons. The molecule has 11 nitrogen and oxygen atoms in total. The largest absolute Gasteiger partial charge is 0.454 e. The van der Waals surface area contributed by atoms with Crippen molar-refractivity contribution in [3.8, 4) is 5.75 Å². The zero-order chi connectivity index (χ0) is 33.5. The fraction of sp³-hybridized carbons (Fsp3) is 0.176. The Bertz CT molecular complexity index is 2090. The fourth-order valence-corrected chi connectivity index (χ4v) is 7.41. The van der Waals surface area contributed by atoms with Gasteiger partial charge in [-0.05, 0) is 35.4 Å². The third-order valence-electron chi connectivity index (χ3n) is 7.21. The van der Waals surface area contributed by atoms with E-state index < -0.39 is 22.6 Å². The molecule has 0 saturated heterocycles. The molecule has 1 aliphatic heterocycles. The van der Waals surface area contributed by atoms with E-state index in [-0.39, 0.29) is 17.2 Å². The van der Waals surface area contributed by atoms with Crippen LogP contribution >= 0.6 is 22.3 Å². The number of carbonyl (C=O) groups is 1. The van der Waals surface area contributed by atoms with Crippen LogP contribution in [0.4, 0.5) is 11.5 Å². The first-order chi connectivity index (χ1) is 23.2. The van der Waals surface area contributed by atoms with Crippen LogP contribution in [-0.4, -0.2) is 57.9 Å². The monoisotopic (exact) mass is 704 g/mol. The minimum atomic E-state index is -3.70. The van der Waals surface area contributed by atoms with Crippen molar-refractivity contribution in [2.45, 2.75) is 18.8 Å². The summed E-state index contributed by atoms with van der Waals surface area (Å²) >= 11 is 6.74. The normalized spacial score (nSPS) is 14.4. The van der Waals surface area contributed by atoms with Gasteiger partial charge < -0.3 is 24.2 Å². The summed E-state index contributed by atoms with van der Waals surface area (Å²) in [6, 6.07) is 28.1. The number of benzene rings is 3. The molecule has 5 aromatic rings. The number of rotatable bonds is 14. The highest BCUT2D eigenvalue weighted by molar-refractivity contribution is 8.12. The highest BCUT2D eigenvalue weighted by Crippen LogP contribution is 2.36. The summed E-state index contributed by atoms with van der Waals surface area (Å²) in [7, 11) is -3.92. The van der Waals surface area contributed by atoms with Crippen molar-refractivity contribution in [2.75, 3.05) is 24.7 Å². The van der Waals surface area contributed by atoms with Crippen molar-refractivity contribution in [3.05, 3.63) is 126 Å². The van der Waals surface area contributed by atoms with Gasteiger partial charge in [-0.1, -0.05) is 82.9 Å². The SMILES string of the molecule is CS(=O)(=O)OCC(=O)NCCn1ccc2ncnc(Nc3ccc(OC4=CN(Cc5ccccc5)S(Cc5ccccc5)=C4)c(Cl)c3)c21. The molecule has 0 fully saturated rings. The van der Waals surface area contributed by atoms with Gasteiger partial charge in [0.15, 0.2) is 11.6 Å². The third kappa shape index (κ3) is 8.81. The summed E-state index contributed by atoms with van der Waals surface area (Å²) in [4.78, 5) is 20.8. The molecule has 2 N–H and O–H groups in total. The van der Waals surface area contributed by atoms with Crippen LogP contribution in [0.25, 0.3) is 11.0 Å². The van der Waals surface area contributed by atoms with E-state index in [0.29, 0.717) is 34.3 Å². The molecule has 0 aliphatic carbocycles. The van der Waals surface area contributed by atoms with E-state index in [9.17, 15) is 13.2 Å². The average Bonchev–Trinajstić information content (AvgIpc) is 3.65. The Morgan fingerprint density at radius 2 is 1.73 bits per heavy atom. The summed E-state index contributed by atoms with van der Waals surface area (Å²) in [6.07, 6.45) is 6.25. The van der Waals surface area contributed by atoms with E-state index in [2.05, 4.69) is 77.1 Å². The van der Waals surface area contributed by atoms with Gasteiger partial charge in [0.1, 0.15) is 24.2 Å². The van der Waals surface area contributed by atoms with Gasteiger partial charge in [-0.25, -0.2) is 9.97 Å². The van der Waals surface area contributed by atoms with Crippen LogP contribution in [0.15, 0.2) is 109 Å². The molecule has 1 amide bonds. The van der Waals surface area contributed by atoms with Crippen molar-refractivity contribution in [1.29, 1.82) is 0 Å². The number of halogens is 1. The second-order valence-electron chi connectivity index (χ2n) is 10.9. The molecule has 3 aromatic carbocycles. The second kappa shape index (κ2) is 15.0. The van der Waals surface area contributed by atoms with Gasteiger partial charge in [0, 0.05) is 36.1 Å². The van der Waals surface area contributed by atoms with E-state index in [1.54, 1.807) is 6.07 Å². The van der Waals surface area contributed by atoms with Gasteiger partial charge in [0.2, 0.25) is 5.91 Å². The second-order valence-corrected chi connectivity index (χ2v) is 14.7. The summed E-state index contributed by atoms with van der Waals surface area (Å²) in [6.45, 7) is 0.820. The molecule has 48 heavy (non-hydrogen) atoms. The number of amides is 1. The van der Waals surface area contributed by atoms with Crippen LogP contribution < -0.4 is 15.4 Å². The molecular weight excluding hydrogens is 672 g/mol. The van der Waals surface area contributed by atoms with E-state index in [1.807, 2.05) is 53.2 Å². The molecule has 1 unspecified atom stereocenters. The number of hydrogen-bond donors (Lipinski definition) is 2. The number of carbonyl (C=O) groups excluding carboxylic acids is 1. The number of nitrogens with zero attached hydrogens (tertiary/aromatic N) is 4. The molecule has 6 rings (SSSR count). The standard InChI is InChI=1S/C34H33ClN6O5S2/c1-48(43,44)45-21-32(42)36-15-17-40-16-14-30-33(40)34(38-24-37-30)39-27-12-13-31(29(35)18-27)46-28-20-41(19-25-8-4-2-5-9-25)47(23-28)22-26-10-6-3-7-11-26/h2-14,16,18,20,23-24H,15,17,19,21-22H2,1H3,(H,36,42)(H,37,38,39). The first-order valence-electron chi connectivity index (χ1n) is 15.0. The van der Waals surface area contributed by atoms with Gasteiger partial charge in [0.05, 0.1) is 29.5 Å². The molecule has 0 saturated carbocycles. The summed E-state index contributed by atoms with van der Waals surface area (Å²) in [5.41, 5.74) is 4.61. The van der Waals surface area contributed by atoms with Crippen molar-refractivity contribution in [1.82, 2.24) is 24.2 Å². The Morgan fingerprint density at radius 1 is 0.979 bits per heavy atom. The Kier molecular flexibility index (Phi) is 10.4. The van der Waals surface area contributed by atoms with Crippen LogP contribution in [0.2, 0.25) is 5.02 Å². The molecule has 0 spiro atoms. The lowest BCUT2D eigenvalue weighted by Gasteiger charge is -2.21. The van der Waals surface area contributed by atoms with Gasteiger partial charge in [-0.2, -0.15) is 8.42 Å². The fourth-order valence-electron chi connectivity index (χ4n) is 5.02. The van der Waals surface area contributed by atoms with Crippen LogP contribution in [0.5, 0.6) is 5.75 Å². The summed E-state index contributed by atoms with van der Waals surface area (Å²) < 4.78 is 37.3. The highest BCUT2D eigenvalue weighted by Gasteiger charge is 2.19. The number of ether oxygens (including phenoxy) is 1. The minimum absolute atomic E-state index is 0.215. The van der Waals surface area contributed by atoms with Crippen molar-refractivity contribution in [2.24, 2.45) is 0 Å². The molecule has 14 heteroatoms. The van der Waals surface area contributed by atoms with Crippen LogP contribution in [0.3, 0.4) is 0 Å². The number of aromatic nitrogens is 3. The highest BCUT2D eigenvalue weighted by atomic mass is 35.5. The Labute approximate surface area is 286 Å². The smallest absolute Gasteiger partial charge is 0.264 e. The van der Waals surface area contributed by atoms with Gasteiger partial charge in [-0.15, -0.1) is 0 Å². The van der Waals surface area contributed by atoms with Crippen LogP contribution in [-0.2, 0) is 37.9 Å². The number of hydrogen-bond acceptors (Lipinski definition) is 9. The molecular formula is C34H33ClN6O5S2. The lowest BCUT2D eigenvalue weighted by Crippen LogP contribution is -2.31. The lowest BCUT2D eigenvalue weighted by molar-refractivity contribution is -0.123. The van der Waals surface area contributed by atoms with Gasteiger partial charge in [-0.3, -0.25) is 8.98 Å². The maximum atomic E-state index is 12.0. The lowest BCUT2D eigenvalue weighted by atomic mass is 10.2. The van der Waals surface area contributed by atoms with Gasteiger partial charge in [0.25, 0.3) is 10.1 Å². The van der Waals surface area contributed by atoms with E-state index in [4.69, 9.17) is 16.3 Å². The molecule has 3 heterocycles. The summed E-state index contributed by atoms with van der Waals surface area (Å²) in [5, 5.41) is 8.56. The minimum Gasteiger partial charge on any atom is -0.454 e. The first kappa shape index (κ1) is 33.2. The van der Waals surface area contributed by atoms with E-state index in [1.165, 1.54) is 17.5 Å². The molecule has 0 bridgehead atoms. The van der Waals surface area contributed by atoms with Crippen molar-refractivity contribution in [3.63, 3.8) is 0 Å². The quantitative estimate of drug-likeness (QED) is 0.108. The third-order valence-corrected chi connectivity index (χ3v) is 10.0. The van der Waals surface area contributed by atoms with Crippen molar-refractivity contribution >= 4 is 66.2 Å². The Balaban J connectivity index is 1.14. The maximum absolute atomic E-state index is 12.0. The van der Waals surface area contributed by atoms with Crippen LogP contribution in [0, 0.1) is 0 Å². The number of anilines is 2. The van der Waals surface area contributed by atoms with Crippen molar-refractivity contribution < 1.29 is 22.1 Å². The molecule has 0 radical (unpaired) electrons. The number of nitrogens with one attached hydrogen (secondary N) is 2.